The van der Waals surface area contributed by atoms with Crippen LogP contribution >= 0.6 is 0 Å². The number of urea groups is 1. The standard InChI is InChI=1S/C16H14N4O4/c1-16(13-7-2-3-8-17-13)14(21)19(15(22)18-16)10-11-5-4-6-12(9-11)20(23)24/h2-9H,10H2,1H3,(H,18,22)/t16-/m0/s1. The molecule has 3 amide bonds. The molecule has 1 aliphatic rings. The molecule has 0 aliphatic carbocycles. The van der Waals surface area contributed by atoms with Gasteiger partial charge in [-0.25, -0.2) is 4.79 Å². The number of pyridine rings is 1. The number of carbonyl (C=O) groups is 2. The molecule has 0 saturated carbocycles. The number of imide groups is 1. The number of non-ortho nitro benzene ring substituents is 1. The Labute approximate surface area is 137 Å². The van der Waals surface area contributed by atoms with Crippen LogP contribution in [0.2, 0.25) is 0 Å². The topological polar surface area (TPSA) is 105 Å². The van der Waals surface area contributed by atoms with Crippen molar-refractivity contribution in [2.75, 3.05) is 0 Å². The van der Waals surface area contributed by atoms with Gasteiger partial charge in [-0.1, -0.05) is 18.2 Å². The number of carbonyl (C=O) groups excluding carboxylic acids is 2. The van der Waals surface area contributed by atoms with Crippen LogP contribution in [-0.2, 0) is 16.9 Å². The smallest absolute Gasteiger partial charge is 0.318 e. The normalized spacial score (nSPS) is 20.1. The molecule has 8 nitrogen and oxygen atoms in total. The molecular weight excluding hydrogens is 312 g/mol. The van der Waals surface area contributed by atoms with E-state index in [0.29, 0.717) is 11.3 Å². The van der Waals surface area contributed by atoms with Crippen molar-refractivity contribution in [3.63, 3.8) is 0 Å². The van der Waals surface area contributed by atoms with Crippen LogP contribution in [0.5, 0.6) is 0 Å². The van der Waals surface area contributed by atoms with E-state index in [0.717, 1.165) is 4.90 Å². The fraction of sp³-hybridized carbons (Fsp3) is 0.188. The number of nitrogens with one attached hydrogen (secondary N) is 1. The number of hydrogen-bond acceptors (Lipinski definition) is 5. The van der Waals surface area contributed by atoms with Crippen molar-refractivity contribution in [2.24, 2.45) is 0 Å². The predicted octanol–water partition coefficient (Wildman–Crippen LogP) is 1.96. The molecule has 0 unspecified atom stereocenters. The first-order valence-electron chi connectivity index (χ1n) is 7.21. The van der Waals surface area contributed by atoms with Gasteiger partial charge in [0.25, 0.3) is 11.6 Å². The predicted molar refractivity (Wildman–Crippen MR) is 83.8 cm³/mol. The van der Waals surface area contributed by atoms with Crippen LogP contribution in [0.15, 0.2) is 48.7 Å². The second-order valence-corrected chi connectivity index (χ2v) is 5.59. The number of amides is 3. The third-order valence-electron chi connectivity index (χ3n) is 3.91. The maximum absolute atomic E-state index is 12.7. The van der Waals surface area contributed by atoms with E-state index in [4.69, 9.17) is 0 Å². The van der Waals surface area contributed by atoms with E-state index < -0.39 is 22.4 Å². The minimum Gasteiger partial charge on any atom is -0.318 e. The molecule has 1 N–H and O–H groups in total. The van der Waals surface area contributed by atoms with Gasteiger partial charge in [0.15, 0.2) is 5.54 Å². The summed E-state index contributed by atoms with van der Waals surface area (Å²) in [7, 11) is 0. The Hall–Kier alpha value is -3.29. The van der Waals surface area contributed by atoms with Crippen LogP contribution in [0, 0.1) is 10.1 Å². The number of aromatic nitrogens is 1. The van der Waals surface area contributed by atoms with Gasteiger partial charge in [0.1, 0.15) is 0 Å². The molecule has 1 aromatic heterocycles. The van der Waals surface area contributed by atoms with Crippen molar-refractivity contribution in [3.8, 4) is 0 Å². The molecule has 1 fully saturated rings. The van der Waals surface area contributed by atoms with Crippen LogP contribution in [0.25, 0.3) is 0 Å². The number of rotatable bonds is 4. The Balaban J connectivity index is 1.88. The summed E-state index contributed by atoms with van der Waals surface area (Å²) in [6.45, 7) is 1.54. The highest BCUT2D eigenvalue weighted by molar-refractivity contribution is 6.06. The lowest BCUT2D eigenvalue weighted by molar-refractivity contribution is -0.384. The van der Waals surface area contributed by atoms with E-state index in [9.17, 15) is 19.7 Å². The molecule has 3 rings (SSSR count). The second-order valence-electron chi connectivity index (χ2n) is 5.59. The van der Waals surface area contributed by atoms with Crippen LogP contribution < -0.4 is 5.32 Å². The van der Waals surface area contributed by atoms with Gasteiger partial charge < -0.3 is 5.32 Å². The lowest BCUT2D eigenvalue weighted by Gasteiger charge is -2.20. The summed E-state index contributed by atoms with van der Waals surface area (Å²) in [6.07, 6.45) is 1.54. The van der Waals surface area contributed by atoms with Gasteiger partial charge in [-0.2, -0.15) is 0 Å². The molecular formula is C16H14N4O4. The number of benzene rings is 1. The zero-order valence-corrected chi connectivity index (χ0v) is 12.8. The van der Waals surface area contributed by atoms with E-state index in [-0.39, 0.29) is 12.2 Å². The van der Waals surface area contributed by atoms with E-state index in [2.05, 4.69) is 10.3 Å². The summed E-state index contributed by atoms with van der Waals surface area (Å²) < 4.78 is 0. The highest BCUT2D eigenvalue weighted by Gasteiger charge is 2.49. The largest absolute Gasteiger partial charge is 0.325 e. The van der Waals surface area contributed by atoms with Gasteiger partial charge >= 0.3 is 6.03 Å². The molecule has 1 atom stereocenters. The zero-order valence-electron chi connectivity index (χ0n) is 12.8. The summed E-state index contributed by atoms with van der Waals surface area (Å²) in [4.78, 5) is 40.5. The minimum absolute atomic E-state index is 0.0469. The Morgan fingerprint density at radius 3 is 2.71 bits per heavy atom. The van der Waals surface area contributed by atoms with Crippen molar-refractivity contribution < 1.29 is 14.5 Å². The van der Waals surface area contributed by atoms with Crippen molar-refractivity contribution in [1.82, 2.24) is 15.2 Å². The van der Waals surface area contributed by atoms with Crippen LogP contribution in [0.1, 0.15) is 18.2 Å². The Bertz CT molecular complexity index is 824. The first-order chi connectivity index (χ1) is 11.4. The van der Waals surface area contributed by atoms with Gasteiger partial charge in [0.2, 0.25) is 0 Å². The van der Waals surface area contributed by atoms with Crippen LogP contribution in [-0.4, -0.2) is 26.7 Å². The van der Waals surface area contributed by atoms with Crippen molar-refractivity contribution in [1.29, 1.82) is 0 Å². The number of nitro benzene ring substituents is 1. The van der Waals surface area contributed by atoms with E-state index in [1.165, 1.54) is 18.2 Å². The molecule has 1 saturated heterocycles. The average Bonchev–Trinajstić information content (AvgIpc) is 2.80. The van der Waals surface area contributed by atoms with Gasteiger partial charge in [-0.15, -0.1) is 0 Å². The minimum atomic E-state index is -1.25. The molecule has 0 radical (unpaired) electrons. The Morgan fingerprint density at radius 1 is 1.25 bits per heavy atom. The maximum Gasteiger partial charge on any atom is 0.325 e. The summed E-state index contributed by atoms with van der Waals surface area (Å²) in [6, 6.07) is 10.4. The number of nitro groups is 1. The van der Waals surface area contributed by atoms with E-state index >= 15 is 0 Å². The fourth-order valence-corrected chi connectivity index (χ4v) is 2.62. The molecule has 1 aliphatic heterocycles. The average molecular weight is 326 g/mol. The number of nitrogens with zero attached hydrogens (tertiary/aromatic N) is 3. The van der Waals surface area contributed by atoms with Gasteiger partial charge in [0, 0.05) is 18.3 Å². The third-order valence-corrected chi connectivity index (χ3v) is 3.91. The van der Waals surface area contributed by atoms with Gasteiger partial charge in [-0.3, -0.25) is 24.8 Å². The number of hydrogen-bond donors (Lipinski definition) is 1. The van der Waals surface area contributed by atoms with Crippen molar-refractivity contribution in [2.45, 2.75) is 19.0 Å². The lowest BCUT2D eigenvalue weighted by atomic mass is 9.97. The highest BCUT2D eigenvalue weighted by atomic mass is 16.6. The SMILES string of the molecule is C[C@@]1(c2ccccn2)NC(=O)N(Cc2cccc([N+](=O)[O-])c2)C1=O. The fourth-order valence-electron chi connectivity index (χ4n) is 2.62. The molecule has 2 aromatic rings. The quantitative estimate of drug-likeness (QED) is 0.525. The first-order valence-corrected chi connectivity index (χ1v) is 7.21. The highest BCUT2D eigenvalue weighted by Crippen LogP contribution is 2.28. The Morgan fingerprint density at radius 2 is 2.04 bits per heavy atom. The molecule has 24 heavy (non-hydrogen) atoms. The van der Waals surface area contributed by atoms with Crippen LogP contribution in [0.4, 0.5) is 10.5 Å². The summed E-state index contributed by atoms with van der Waals surface area (Å²) >= 11 is 0. The first kappa shape index (κ1) is 15.6. The van der Waals surface area contributed by atoms with Crippen LogP contribution in [0.3, 0.4) is 0 Å². The molecule has 1 aromatic carbocycles. The summed E-state index contributed by atoms with van der Waals surface area (Å²) in [5, 5.41) is 13.5. The van der Waals surface area contributed by atoms with E-state index in [1.54, 1.807) is 37.4 Å². The lowest BCUT2D eigenvalue weighted by Crippen LogP contribution is -2.41. The second kappa shape index (κ2) is 5.73. The van der Waals surface area contributed by atoms with Crippen molar-refractivity contribution >= 4 is 17.6 Å². The third kappa shape index (κ3) is 2.58. The molecule has 2 heterocycles. The van der Waals surface area contributed by atoms with Gasteiger partial charge in [-0.05, 0) is 24.6 Å². The monoisotopic (exact) mass is 326 g/mol. The van der Waals surface area contributed by atoms with Crippen molar-refractivity contribution in [3.05, 3.63) is 70.0 Å². The Kier molecular flexibility index (Phi) is 3.72. The van der Waals surface area contributed by atoms with Gasteiger partial charge in [0.05, 0.1) is 17.2 Å². The molecule has 0 spiro atoms. The maximum atomic E-state index is 12.7. The molecule has 8 heteroatoms. The molecule has 0 bridgehead atoms. The summed E-state index contributed by atoms with van der Waals surface area (Å²) in [5.41, 5.74) is -0.408. The van der Waals surface area contributed by atoms with E-state index in [1.807, 2.05) is 0 Å². The molecule has 122 valence electrons. The summed E-state index contributed by atoms with van der Waals surface area (Å²) in [5.74, 6) is -0.447. The zero-order chi connectivity index (χ0) is 17.3.